The number of hydrogen-bond donors (Lipinski definition) is 0. The van der Waals surface area contributed by atoms with E-state index in [1.54, 1.807) is 32.4 Å². The molecule has 0 N–H and O–H groups in total. The van der Waals surface area contributed by atoms with Crippen molar-refractivity contribution in [3.05, 3.63) is 46.5 Å². The molecule has 0 radical (unpaired) electrons. The van der Waals surface area contributed by atoms with E-state index in [9.17, 15) is 9.59 Å². The first-order chi connectivity index (χ1) is 13.0. The van der Waals surface area contributed by atoms with Crippen LogP contribution in [0.4, 0.5) is 0 Å². The molecule has 27 heavy (non-hydrogen) atoms. The van der Waals surface area contributed by atoms with Crippen LogP contribution >= 0.6 is 0 Å². The van der Waals surface area contributed by atoms with Crippen LogP contribution in [0.25, 0.3) is 0 Å². The highest BCUT2D eigenvalue weighted by molar-refractivity contribution is 6.18. The van der Waals surface area contributed by atoms with E-state index in [-0.39, 0.29) is 23.9 Å². The molecule has 2 aromatic rings. The lowest BCUT2D eigenvalue weighted by Crippen LogP contribution is -2.26. The molecule has 0 aliphatic heterocycles. The summed E-state index contributed by atoms with van der Waals surface area (Å²) >= 11 is 0. The van der Waals surface area contributed by atoms with E-state index in [0.29, 0.717) is 34.1 Å². The van der Waals surface area contributed by atoms with Crippen LogP contribution in [0.1, 0.15) is 45.3 Å². The van der Waals surface area contributed by atoms with Crippen LogP contribution in [0.15, 0.2) is 24.3 Å². The molecule has 3 aliphatic rings. The molecular formula is C21H20O6. The van der Waals surface area contributed by atoms with Gasteiger partial charge in [-0.2, -0.15) is 0 Å². The average Bonchev–Trinajstić information content (AvgIpc) is 2.85. The van der Waals surface area contributed by atoms with Gasteiger partial charge in [0, 0.05) is 17.9 Å². The highest BCUT2D eigenvalue weighted by Gasteiger charge is 2.45. The molecular weight excluding hydrogens is 348 g/mol. The number of carbonyl (C=O) groups is 2. The van der Waals surface area contributed by atoms with Gasteiger partial charge >= 0.3 is 0 Å². The molecule has 6 nitrogen and oxygen atoms in total. The smallest absolute Gasteiger partial charge is 0.178 e. The van der Waals surface area contributed by atoms with Gasteiger partial charge in [-0.25, -0.2) is 0 Å². The topological polar surface area (TPSA) is 71.1 Å². The Hall–Kier alpha value is -3.02. The number of methoxy groups -OCH3 is 4. The maximum atomic E-state index is 13.3. The molecule has 0 spiro atoms. The first-order valence-electron chi connectivity index (χ1n) is 8.62. The first-order valence-corrected chi connectivity index (χ1v) is 8.62. The third-order valence-corrected chi connectivity index (χ3v) is 5.46. The predicted octanol–water partition coefficient (Wildman–Crippen LogP) is 3.11. The summed E-state index contributed by atoms with van der Waals surface area (Å²) in [6.07, 6.45) is 0.265. The lowest BCUT2D eigenvalue weighted by atomic mass is 9.75. The van der Waals surface area contributed by atoms with Crippen LogP contribution in [-0.2, 0) is 4.79 Å². The summed E-state index contributed by atoms with van der Waals surface area (Å²) in [6.45, 7) is 0. The molecule has 3 aliphatic carbocycles. The van der Waals surface area contributed by atoms with Crippen molar-refractivity contribution < 1.29 is 28.5 Å². The second-order valence-corrected chi connectivity index (χ2v) is 6.65. The lowest BCUT2D eigenvalue weighted by molar-refractivity contribution is -0.120. The summed E-state index contributed by atoms with van der Waals surface area (Å²) in [6, 6.07) is 7.10. The molecule has 0 aromatic heterocycles. The molecule has 0 amide bonds. The fraction of sp³-hybridized carbons (Fsp3) is 0.333. The Kier molecular flexibility index (Phi) is 4.06. The molecule has 2 aromatic carbocycles. The van der Waals surface area contributed by atoms with Crippen molar-refractivity contribution in [3.63, 3.8) is 0 Å². The van der Waals surface area contributed by atoms with Gasteiger partial charge in [0.2, 0.25) is 0 Å². The third kappa shape index (κ3) is 2.40. The zero-order valence-electron chi connectivity index (χ0n) is 15.6. The number of hydrogen-bond acceptors (Lipinski definition) is 6. The molecule has 0 heterocycles. The quantitative estimate of drug-likeness (QED) is 0.773. The second kappa shape index (κ2) is 6.30. The minimum absolute atomic E-state index is 0.0844. The van der Waals surface area contributed by atoms with E-state index in [0.717, 1.165) is 11.1 Å². The van der Waals surface area contributed by atoms with Crippen molar-refractivity contribution in [3.8, 4) is 23.0 Å². The third-order valence-electron chi connectivity index (χ3n) is 5.46. The van der Waals surface area contributed by atoms with Crippen molar-refractivity contribution in [1.82, 2.24) is 0 Å². The molecule has 2 atom stereocenters. The van der Waals surface area contributed by atoms with Gasteiger partial charge in [0.15, 0.2) is 28.8 Å². The zero-order valence-corrected chi connectivity index (χ0v) is 15.6. The molecule has 2 bridgehead atoms. The summed E-state index contributed by atoms with van der Waals surface area (Å²) in [5.74, 6) is 0.694. The maximum absolute atomic E-state index is 13.3. The van der Waals surface area contributed by atoms with Crippen LogP contribution in [0, 0.1) is 0 Å². The summed E-state index contributed by atoms with van der Waals surface area (Å²) in [5, 5.41) is 0. The van der Waals surface area contributed by atoms with E-state index in [1.165, 1.54) is 14.2 Å². The van der Waals surface area contributed by atoms with E-state index >= 15 is 0 Å². The standard InChI is InChI=1S/C21H20O6/c1-24-16-6-11-10-5-15(22)20(13(11)8-18(16)26-3)21(23)14-9-19(27-4)17(25-2)7-12(10)14/h6-10,20H,5H2,1-4H3. The van der Waals surface area contributed by atoms with E-state index < -0.39 is 5.92 Å². The number of Topliss-reactive ketones (excluding diaryl/α,β-unsaturated/α-hetero) is 2. The monoisotopic (exact) mass is 368 g/mol. The molecule has 140 valence electrons. The molecule has 0 saturated carbocycles. The van der Waals surface area contributed by atoms with Gasteiger partial charge < -0.3 is 18.9 Å². The molecule has 6 heteroatoms. The highest BCUT2D eigenvalue weighted by atomic mass is 16.5. The number of ketones is 2. The molecule has 5 rings (SSSR count). The van der Waals surface area contributed by atoms with E-state index in [1.807, 2.05) is 6.07 Å². The summed E-state index contributed by atoms with van der Waals surface area (Å²) < 4.78 is 21.6. The van der Waals surface area contributed by atoms with Gasteiger partial charge in [0.25, 0.3) is 0 Å². The number of rotatable bonds is 4. The zero-order chi connectivity index (χ0) is 19.3. The second-order valence-electron chi connectivity index (χ2n) is 6.65. The number of ether oxygens (including phenoxy) is 4. The SMILES string of the molecule is COc1cc2c(cc1OC)C1CC(=O)C(C2=O)c2cc(OC)c(OC)cc21. The van der Waals surface area contributed by atoms with Gasteiger partial charge in [-0.15, -0.1) is 0 Å². The Morgan fingerprint density at radius 3 is 1.74 bits per heavy atom. The molecule has 0 saturated heterocycles. The average molecular weight is 368 g/mol. The minimum Gasteiger partial charge on any atom is -0.493 e. The van der Waals surface area contributed by atoms with E-state index in [2.05, 4.69) is 0 Å². The van der Waals surface area contributed by atoms with Crippen molar-refractivity contribution in [2.45, 2.75) is 18.3 Å². The molecule has 2 unspecified atom stereocenters. The van der Waals surface area contributed by atoms with Gasteiger partial charge in [-0.1, -0.05) is 0 Å². The van der Waals surface area contributed by atoms with E-state index in [4.69, 9.17) is 18.9 Å². The maximum Gasteiger partial charge on any atom is 0.178 e. The van der Waals surface area contributed by atoms with Crippen LogP contribution in [0.2, 0.25) is 0 Å². The van der Waals surface area contributed by atoms with Crippen molar-refractivity contribution in [2.24, 2.45) is 0 Å². The fourth-order valence-corrected chi connectivity index (χ4v) is 4.18. The van der Waals surface area contributed by atoms with Crippen LogP contribution in [-0.4, -0.2) is 40.0 Å². The van der Waals surface area contributed by atoms with Crippen molar-refractivity contribution in [1.29, 1.82) is 0 Å². The number of fused-ring (bicyclic) bond motifs is 1. The minimum atomic E-state index is -0.838. The van der Waals surface area contributed by atoms with Crippen LogP contribution in [0.5, 0.6) is 23.0 Å². The lowest BCUT2D eigenvalue weighted by Gasteiger charge is -2.27. The largest absolute Gasteiger partial charge is 0.493 e. The van der Waals surface area contributed by atoms with Crippen molar-refractivity contribution in [2.75, 3.05) is 28.4 Å². The fourth-order valence-electron chi connectivity index (χ4n) is 4.18. The Morgan fingerprint density at radius 2 is 1.19 bits per heavy atom. The van der Waals surface area contributed by atoms with Gasteiger partial charge in [-0.05, 0) is 41.0 Å². The Labute approximate surface area is 157 Å². The predicted molar refractivity (Wildman–Crippen MR) is 97.6 cm³/mol. The summed E-state index contributed by atoms with van der Waals surface area (Å²) in [4.78, 5) is 26.1. The molecule has 0 fully saturated rings. The summed E-state index contributed by atoms with van der Waals surface area (Å²) in [5.41, 5.74) is 2.88. The Morgan fingerprint density at radius 1 is 0.704 bits per heavy atom. The Balaban J connectivity index is 2.02. The van der Waals surface area contributed by atoms with Gasteiger partial charge in [0.05, 0.1) is 28.4 Å². The van der Waals surface area contributed by atoms with Gasteiger partial charge in [0.1, 0.15) is 11.7 Å². The summed E-state index contributed by atoms with van der Waals surface area (Å²) in [7, 11) is 6.17. The van der Waals surface area contributed by atoms with Crippen LogP contribution < -0.4 is 18.9 Å². The highest BCUT2D eigenvalue weighted by Crippen LogP contribution is 2.51. The number of benzene rings is 2. The van der Waals surface area contributed by atoms with Crippen LogP contribution in [0.3, 0.4) is 0 Å². The first kappa shape index (κ1) is 17.4. The van der Waals surface area contributed by atoms with Crippen molar-refractivity contribution >= 4 is 11.6 Å². The number of carbonyl (C=O) groups excluding carboxylic acids is 2. The normalized spacial score (nSPS) is 19.9. The Bertz CT molecular complexity index is 962. The van der Waals surface area contributed by atoms with Gasteiger partial charge in [-0.3, -0.25) is 9.59 Å².